The fraction of sp³-hybridized carbons (Fsp3) is 0.684. The minimum Gasteiger partial charge on any atom is -0.493 e. The maximum absolute atomic E-state index is 6.01. The topological polar surface area (TPSA) is 9.23 Å². The molecular weight excluding hydrogens is 276 g/mol. The number of rotatable bonds is 11. The summed E-state index contributed by atoms with van der Waals surface area (Å²) in [7, 11) is 0. The molecule has 120 valence electrons. The SMILES string of the molecule is Cc1ccc(C(C)C)c(OCCCCCCCCCS)c1. The Hall–Kier alpha value is -0.630. The number of hydrogen-bond donors (Lipinski definition) is 1. The van der Waals surface area contributed by atoms with Crippen molar-refractivity contribution in [3.8, 4) is 5.75 Å². The van der Waals surface area contributed by atoms with Crippen molar-refractivity contribution in [3.63, 3.8) is 0 Å². The van der Waals surface area contributed by atoms with Gasteiger partial charge in [-0.3, -0.25) is 0 Å². The molecule has 0 saturated carbocycles. The van der Waals surface area contributed by atoms with Gasteiger partial charge in [-0.15, -0.1) is 0 Å². The fourth-order valence-corrected chi connectivity index (χ4v) is 2.75. The molecule has 0 unspecified atom stereocenters. The smallest absolute Gasteiger partial charge is 0.122 e. The lowest BCUT2D eigenvalue weighted by Gasteiger charge is -2.14. The molecule has 1 aromatic rings. The molecule has 0 heterocycles. The molecule has 0 aromatic heterocycles. The molecule has 0 fully saturated rings. The summed E-state index contributed by atoms with van der Waals surface area (Å²) >= 11 is 4.24. The van der Waals surface area contributed by atoms with Gasteiger partial charge in [0.05, 0.1) is 6.61 Å². The second-order valence-electron chi connectivity index (χ2n) is 6.24. The van der Waals surface area contributed by atoms with Crippen LogP contribution < -0.4 is 4.74 Å². The lowest BCUT2D eigenvalue weighted by atomic mass is 10.0. The maximum atomic E-state index is 6.01. The lowest BCUT2D eigenvalue weighted by molar-refractivity contribution is 0.300. The zero-order valence-electron chi connectivity index (χ0n) is 14.0. The summed E-state index contributed by atoms with van der Waals surface area (Å²) in [6.07, 6.45) is 9.09. The molecule has 0 spiro atoms. The van der Waals surface area contributed by atoms with Crippen LogP contribution in [-0.4, -0.2) is 12.4 Å². The van der Waals surface area contributed by atoms with Gasteiger partial charge < -0.3 is 4.74 Å². The minimum atomic E-state index is 0.521. The van der Waals surface area contributed by atoms with Gasteiger partial charge in [-0.05, 0) is 48.6 Å². The van der Waals surface area contributed by atoms with E-state index in [-0.39, 0.29) is 0 Å². The van der Waals surface area contributed by atoms with E-state index in [1.165, 1.54) is 49.7 Å². The average molecular weight is 309 g/mol. The fourth-order valence-electron chi connectivity index (χ4n) is 2.52. The van der Waals surface area contributed by atoms with E-state index < -0.39 is 0 Å². The van der Waals surface area contributed by atoms with Crippen LogP contribution in [0.15, 0.2) is 18.2 Å². The highest BCUT2D eigenvalue weighted by Crippen LogP contribution is 2.27. The molecule has 0 aliphatic rings. The third-order valence-electron chi connectivity index (χ3n) is 3.85. The van der Waals surface area contributed by atoms with E-state index in [0.717, 1.165) is 24.5 Å². The molecule has 0 aliphatic heterocycles. The van der Waals surface area contributed by atoms with Gasteiger partial charge in [0.1, 0.15) is 5.75 Å². The zero-order valence-corrected chi connectivity index (χ0v) is 14.9. The molecule has 21 heavy (non-hydrogen) atoms. The third-order valence-corrected chi connectivity index (χ3v) is 4.17. The molecule has 0 N–H and O–H groups in total. The number of unbranched alkanes of at least 4 members (excludes halogenated alkanes) is 6. The summed E-state index contributed by atoms with van der Waals surface area (Å²) in [6, 6.07) is 6.55. The number of aryl methyl sites for hydroxylation is 1. The van der Waals surface area contributed by atoms with Gasteiger partial charge in [-0.2, -0.15) is 12.6 Å². The van der Waals surface area contributed by atoms with Crippen molar-refractivity contribution >= 4 is 12.6 Å². The van der Waals surface area contributed by atoms with Crippen molar-refractivity contribution < 1.29 is 4.74 Å². The highest BCUT2D eigenvalue weighted by Gasteiger charge is 2.07. The Kier molecular flexibility index (Phi) is 9.65. The maximum Gasteiger partial charge on any atom is 0.122 e. The van der Waals surface area contributed by atoms with Gasteiger partial charge in [0.2, 0.25) is 0 Å². The van der Waals surface area contributed by atoms with Gasteiger partial charge in [-0.25, -0.2) is 0 Å². The van der Waals surface area contributed by atoms with Crippen LogP contribution in [-0.2, 0) is 0 Å². The highest BCUT2D eigenvalue weighted by molar-refractivity contribution is 7.80. The molecular formula is C19H32OS. The van der Waals surface area contributed by atoms with Crippen LogP contribution in [0.1, 0.15) is 75.8 Å². The van der Waals surface area contributed by atoms with Crippen LogP contribution in [0.3, 0.4) is 0 Å². The van der Waals surface area contributed by atoms with Crippen molar-refractivity contribution in [2.45, 2.75) is 71.6 Å². The monoisotopic (exact) mass is 308 g/mol. The Balaban J connectivity index is 2.19. The molecule has 1 rings (SSSR count). The average Bonchev–Trinajstić information content (AvgIpc) is 2.45. The summed E-state index contributed by atoms with van der Waals surface area (Å²) in [5.41, 5.74) is 2.60. The van der Waals surface area contributed by atoms with E-state index in [9.17, 15) is 0 Å². The standard InChI is InChI=1S/C19H32OS/c1-16(2)18-12-11-17(3)15-19(18)20-13-9-7-5-4-6-8-10-14-21/h11-12,15-16,21H,4-10,13-14H2,1-3H3. The molecule has 0 aliphatic carbocycles. The largest absolute Gasteiger partial charge is 0.493 e. The summed E-state index contributed by atoms with van der Waals surface area (Å²) in [5.74, 6) is 2.63. The Morgan fingerprint density at radius 1 is 0.952 bits per heavy atom. The predicted molar refractivity (Wildman–Crippen MR) is 96.9 cm³/mol. The van der Waals surface area contributed by atoms with E-state index in [4.69, 9.17) is 4.74 Å². The van der Waals surface area contributed by atoms with E-state index in [2.05, 4.69) is 51.6 Å². The highest BCUT2D eigenvalue weighted by atomic mass is 32.1. The van der Waals surface area contributed by atoms with E-state index >= 15 is 0 Å². The quantitative estimate of drug-likeness (QED) is 0.380. The number of thiol groups is 1. The molecule has 1 aromatic carbocycles. The van der Waals surface area contributed by atoms with Crippen LogP contribution in [0.5, 0.6) is 5.75 Å². The van der Waals surface area contributed by atoms with Crippen molar-refractivity contribution in [2.24, 2.45) is 0 Å². The molecule has 0 bridgehead atoms. The van der Waals surface area contributed by atoms with E-state index in [1.54, 1.807) is 0 Å². The lowest BCUT2D eigenvalue weighted by Crippen LogP contribution is -2.02. The molecule has 0 atom stereocenters. The summed E-state index contributed by atoms with van der Waals surface area (Å²) in [5, 5.41) is 0. The van der Waals surface area contributed by atoms with Crippen molar-refractivity contribution in [2.75, 3.05) is 12.4 Å². The van der Waals surface area contributed by atoms with Crippen LogP contribution in [0, 0.1) is 6.92 Å². The van der Waals surface area contributed by atoms with Crippen LogP contribution >= 0.6 is 12.6 Å². The Bertz CT molecular complexity index is 387. The van der Waals surface area contributed by atoms with Gasteiger partial charge >= 0.3 is 0 Å². The number of ether oxygens (including phenoxy) is 1. The summed E-state index contributed by atoms with van der Waals surface area (Å²) < 4.78 is 6.01. The van der Waals surface area contributed by atoms with Crippen LogP contribution in [0.25, 0.3) is 0 Å². The molecule has 0 radical (unpaired) electrons. The van der Waals surface area contributed by atoms with Gasteiger partial charge in [0.15, 0.2) is 0 Å². The van der Waals surface area contributed by atoms with Crippen LogP contribution in [0.2, 0.25) is 0 Å². The number of benzene rings is 1. The molecule has 1 nitrogen and oxygen atoms in total. The normalized spacial score (nSPS) is 11.1. The molecule has 0 amide bonds. The van der Waals surface area contributed by atoms with Crippen molar-refractivity contribution in [3.05, 3.63) is 29.3 Å². The second kappa shape index (κ2) is 11.0. The van der Waals surface area contributed by atoms with Crippen LogP contribution in [0.4, 0.5) is 0 Å². The summed E-state index contributed by atoms with van der Waals surface area (Å²) in [4.78, 5) is 0. The third kappa shape index (κ3) is 7.80. The van der Waals surface area contributed by atoms with Gasteiger partial charge in [0.25, 0.3) is 0 Å². The molecule has 2 heteroatoms. The van der Waals surface area contributed by atoms with Gasteiger partial charge in [0, 0.05) is 0 Å². The zero-order chi connectivity index (χ0) is 15.5. The first kappa shape index (κ1) is 18.4. The van der Waals surface area contributed by atoms with E-state index in [0.29, 0.717) is 5.92 Å². The Morgan fingerprint density at radius 3 is 2.19 bits per heavy atom. The minimum absolute atomic E-state index is 0.521. The molecule has 0 saturated heterocycles. The van der Waals surface area contributed by atoms with Crippen molar-refractivity contribution in [1.29, 1.82) is 0 Å². The second-order valence-corrected chi connectivity index (χ2v) is 6.69. The summed E-state index contributed by atoms with van der Waals surface area (Å²) in [6.45, 7) is 7.42. The predicted octanol–water partition coefficient (Wildman–Crippen LogP) is 6.16. The van der Waals surface area contributed by atoms with E-state index in [1.807, 2.05) is 0 Å². The van der Waals surface area contributed by atoms with Gasteiger partial charge in [-0.1, -0.05) is 58.1 Å². The van der Waals surface area contributed by atoms with Crippen molar-refractivity contribution in [1.82, 2.24) is 0 Å². The Morgan fingerprint density at radius 2 is 1.57 bits per heavy atom. The first-order valence-electron chi connectivity index (χ1n) is 8.49. The Labute approximate surface area is 136 Å². The number of hydrogen-bond acceptors (Lipinski definition) is 2. The first-order valence-corrected chi connectivity index (χ1v) is 9.12. The first-order chi connectivity index (χ1) is 10.1.